The first-order chi connectivity index (χ1) is 19.9. The van der Waals surface area contributed by atoms with E-state index in [1.807, 2.05) is 0 Å². The van der Waals surface area contributed by atoms with Gasteiger partial charge < -0.3 is 22.0 Å². The van der Waals surface area contributed by atoms with Gasteiger partial charge in [0.05, 0.1) is 11.4 Å². The monoisotopic (exact) mass is 757 g/mol. The molecule has 0 spiro atoms. The second kappa shape index (κ2) is 14.3. The molecule has 0 saturated heterocycles. The molecule has 2 aliphatic rings. The molecule has 1 N–H and O–H groups in total. The van der Waals surface area contributed by atoms with Crippen LogP contribution in [0.3, 0.4) is 0 Å². The second-order valence-electron chi connectivity index (χ2n) is 11.1. The Hall–Kier alpha value is -2.84. The molecule has 0 aliphatic carbocycles. The van der Waals surface area contributed by atoms with Crippen LogP contribution >= 0.6 is 0 Å². The normalized spacial score (nSPS) is 12.9. The predicted molar refractivity (Wildman–Crippen MR) is 182 cm³/mol. The van der Waals surface area contributed by atoms with Gasteiger partial charge in [-0.15, -0.1) is 11.0 Å². The molecule has 0 aromatic carbocycles. The summed E-state index contributed by atoms with van der Waals surface area (Å²) in [6.07, 6.45) is 7.71. The fourth-order valence-corrected chi connectivity index (χ4v) is 7.29. The van der Waals surface area contributed by atoms with E-state index < -0.39 is 0 Å². The van der Waals surface area contributed by atoms with Crippen molar-refractivity contribution >= 4 is 44.4 Å². The maximum absolute atomic E-state index is 5.30. The molecule has 0 fully saturated rings. The first kappa shape index (κ1) is 34.6. The Bertz CT molecular complexity index is 1610. The number of hydrogen-bond acceptors (Lipinski definition) is 1. The van der Waals surface area contributed by atoms with E-state index in [4.69, 9.17) is 9.97 Å². The van der Waals surface area contributed by atoms with Crippen LogP contribution in [-0.2, 0) is 46.7 Å². The molecule has 5 heteroatoms. The fourth-order valence-electron chi connectivity index (χ4n) is 7.29. The topological polar surface area (TPSA) is 46.7 Å². The average Bonchev–Trinajstić information content (AvgIpc) is 3.67. The maximum Gasteiger partial charge on any atom is 0.110 e. The van der Waals surface area contributed by atoms with Crippen molar-refractivity contribution in [3.63, 3.8) is 0 Å². The third kappa shape index (κ3) is 5.73. The standard InChI is InChI=1S/C37H47N4.CH3.Pt/c1-10-22-23(11-2)31-19-33-25(13-4)27(15-6)35(40-33)21-37-29(17-8)28(16-7)36(41(37)9)20-34-26(14-5)24(12-3)32(39-34)18-30(22)38-31;;/h18-21,39H,9-17H2,1-8H3;1H3;/q2*-1;. The van der Waals surface area contributed by atoms with Crippen molar-refractivity contribution in [1.29, 1.82) is 0 Å². The van der Waals surface area contributed by atoms with Crippen LogP contribution in [0.5, 0.6) is 0 Å². The molecule has 5 rings (SSSR count). The van der Waals surface area contributed by atoms with Crippen molar-refractivity contribution in [2.24, 2.45) is 0 Å². The third-order valence-electron chi connectivity index (χ3n) is 9.23. The number of fused-ring (bicyclic) bond motifs is 8. The maximum atomic E-state index is 5.30. The number of H-pyrrole nitrogens is 1. The molecular formula is C38H50N4Pt-2. The van der Waals surface area contributed by atoms with Crippen LogP contribution in [0.4, 0.5) is 0 Å². The molecular weight excluding hydrogens is 708 g/mol. The van der Waals surface area contributed by atoms with E-state index in [0.717, 1.165) is 73.8 Å². The van der Waals surface area contributed by atoms with Crippen molar-refractivity contribution in [2.45, 2.75) is 107 Å². The molecule has 2 aliphatic heterocycles. The van der Waals surface area contributed by atoms with Crippen molar-refractivity contribution in [3.05, 3.63) is 83.8 Å². The summed E-state index contributed by atoms with van der Waals surface area (Å²) in [6.45, 7) is 18.1. The number of nitrogens with one attached hydrogen (secondary N) is 1. The summed E-state index contributed by atoms with van der Waals surface area (Å²) in [6, 6.07) is 9.22. The van der Waals surface area contributed by atoms with E-state index in [9.17, 15) is 0 Å². The molecule has 0 saturated carbocycles. The zero-order valence-electron chi connectivity index (χ0n) is 27.8. The largest absolute Gasteiger partial charge is 0.658 e. The molecule has 3 aromatic heterocycles. The number of nitrogens with zero attached hydrogens (tertiary/aromatic N) is 3. The molecule has 8 bridgehead atoms. The zero-order chi connectivity index (χ0) is 29.4. The van der Waals surface area contributed by atoms with Crippen LogP contribution in [-0.4, -0.2) is 9.97 Å². The summed E-state index contributed by atoms with van der Waals surface area (Å²) < 4.78 is 2.16. The van der Waals surface area contributed by atoms with E-state index in [2.05, 4.69) is 96.3 Å². The molecule has 3 aromatic rings. The van der Waals surface area contributed by atoms with Crippen molar-refractivity contribution < 1.29 is 25.6 Å². The van der Waals surface area contributed by atoms with Crippen LogP contribution in [0, 0.1) is 14.5 Å². The van der Waals surface area contributed by atoms with Gasteiger partial charge >= 0.3 is 0 Å². The molecule has 0 unspecified atom stereocenters. The van der Waals surface area contributed by atoms with Crippen molar-refractivity contribution in [3.8, 4) is 0 Å². The third-order valence-corrected chi connectivity index (χ3v) is 9.23. The smallest absolute Gasteiger partial charge is 0.110 e. The van der Waals surface area contributed by atoms with Gasteiger partial charge in [0, 0.05) is 39.1 Å². The molecule has 0 amide bonds. The van der Waals surface area contributed by atoms with Gasteiger partial charge in [-0.3, -0.25) is 0 Å². The SMILES string of the molecule is [CH2-][n+]1c2cc3[n-]c(cc4nc(cc5[nH]c(cc1C(CC)=C2CC)c(CC)c5CC)C(CC)=C4CC)c(CC)c3CC.[CH3-].[Pt]. The van der Waals surface area contributed by atoms with Crippen LogP contribution < -0.4 is 9.55 Å². The zero-order valence-corrected chi connectivity index (χ0v) is 30.1. The van der Waals surface area contributed by atoms with Crippen molar-refractivity contribution in [1.82, 2.24) is 15.0 Å². The summed E-state index contributed by atoms with van der Waals surface area (Å²) in [4.78, 5) is 14.4. The minimum atomic E-state index is 0. The van der Waals surface area contributed by atoms with E-state index in [0.29, 0.717) is 0 Å². The van der Waals surface area contributed by atoms with Gasteiger partial charge in [0.2, 0.25) is 0 Å². The minimum Gasteiger partial charge on any atom is -0.658 e. The molecule has 43 heavy (non-hydrogen) atoms. The summed E-state index contributed by atoms with van der Waals surface area (Å²) in [5, 5.41) is 0. The Morgan fingerprint density at radius 1 is 0.581 bits per heavy atom. The summed E-state index contributed by atoms with van der Waals surface area (Å²) in [5.41, 5.74) is 20.0. The fraction of sp³-hybridized carbons (Fsp3) is 0.421. The van der Waals surface area contributed by atoms with E-state index in [-0.39, 0.29) is 28.5 Å². The first-order valence-electron chi connectivity index (χ1n) is 16.0. The van der Waals surface area contributed by atoms with Gasteiger partial charge in [-0.1, -0.05) is 78.6 Å². The van der Waals surface area contributed by atoms with Gasteiger partial charge in [0.15, 0.2) is 0 Å². The number of hydrogen-bond donors (Lipinski definition) is 1. The molecule has 5 heterocycles. The number of aromatic nitrogens is 4. The average molecular weight is 758 g/mol. The van der Waals surface area contributed by atoms with Gasteiger partial charge in [0.1, 0.15) is 11.4 Å². The van der Waals surface area contributed by atoms with Crippen LogP contribution in [0.2, 0.25) is 0 Å². The quantitative estimate of drug-likeness (QED) is 0.184. The Balaban J connectivity index is 0.00000253. The van der Waals surface area contributed by atoms with E-state index in [1.54, 1.807) is 0 Å². The number of allylic oxidation sites excluding steroid dienone is 4. The van der Waals surface area contributed by atoms with Gasteiger partial charge in [0.25, 0.3) is 0 Å². The minimum absolute atomic E-state index is 0. The Morgan fingerprint density at radius 2 is 1.00 bits per heavy atom. The number of rotatable bonds is 8. The van der Waals surface area contributed by atoms with Crippen molar-refractivity contribution in [2.75, 3.05) is 0 Å². The molecule has 0 atom stereocenters. The number of aromatic amines is 1. The van der Waals surface area contributed by atoms with Gasteiger partial charge in [-0.05, 0) is 96.9 Å². The van der Waals surface area contributed by atoms with Gasteiger partial charge in [-0.25, -0.2) is 4.98 Å². The van der Waals surface area contributed by atoms with Crippen LogP contribution in [0.25, 0.3) is 44.4 Å². The molecule has 4 nitrogen and oxygen atoms in total. The van der Waals surface area contributed by atoms with E-state index in [1.165, 1.54) is 67.0 Å². The van der Waals surface area contributed by atoms with Crippen LogP contribution in [0.15, 0.2) is 24.3 Å². The summed E-state index contributed by atoms with van der Waals surface area (Å²) >= 11 is 0. The van der Waals surface area contributed by atoms with Gasteiger partial charge in [-0.2, -0.15) is 0 Å². The second-order valence-corrected chi connectivity index (χ2v) is 11.1. The van der Waals surface area contributed by atoms with Crippen LogP contribution in [0.1, 0.15) is 126 Å². The molecule has 234 valence electrons. The Labute approximate surface area is 274 Å². The van der Waals surface area contributed by atoms with E-state index >= 15 is 0 Å². The first-order valence-corrected chi connectivity index (χ1v) is 16.0. The molecule has 0 radical (unpaired) electrons. The Kier molecular flexibility index (Phi) is 11.5. The summed E-state index contributed by atoms with van der Waals surface area (Å²) in [7, 11) is 4.61. The Morgan fingerprint density at radius 3 is 1.47 bits per heavy atom. The predicted octanol–water partition coefficient (Wildman–Crippen LogP) is 9.64. The summed E-state index contributed by atoms with van der Waals surface area (Å²) in [5.74, 6) is 0. The number of aryl methyl sites for hydroxylation is 4.